The number of benzene rings is 1. The van der Waals surface area contributed by atoms with Crippen LogP contribution in [0.1, 0.15) is 26.3 Å². The molecular weight excluding hydrogens is 258 g/mol. The molecule has 2 N–H and O–H groups in total. The quantitative estimate of drug-likeness (QED) is 0.521. The van der Waals surface area contributed by atoms with Crippen LogP contribution in [0.3, 0.4) is 0 Å². The monoisotopic (exact) mass is 279 g/mol. The van der Waals surface area contributed by atoms with Crippen molar-refractivity contribution in [2.75, 3.05) is 18.8 Å². The third-order valence-corrected chi connectivity index (χ3v) is 3.34. The summed E-state index contributed by atoms with van der Waals surface area (Å²) in [5.74, 6) is 0. The largest absolute Gasteiger partial charge is 0.393 e. The van der Waals surface area contributed by atoms with E-state index in [9.17, 15) is 10.1 Å². The molecule has 0 saturated carbocycles. The van der Waals surface area contributed by atoms with E-state index in [1.165, 1.54) is 0 Å². The number of nitrogens with zero attached hydrogens (tertiary/aromatic N) is 2. The Kier molecular flexibility index (Phi) is 3.96. The molecule has 0 radical (unpaired) electrons. The molecule has 1 unspecified atom stereocenters. The van der Waals surface area contributed by atoms with Crippen molar-refractivity contribution in [3.8, 4) is 0 Å². The van der Waals surface area contributed by atoms with Crippen molar-refractivity contribution in [1.82, 2.24) is 4.90 Å². The van der Waals surface area contributed by atoms with Gasteiger partial charge in [-0.1, -0.05) is 6.07 Å². The van der Waals surface area contributed by atoms with Gasteiger partial charge in [-0.2, -0.15) is 0 Å². The number of morpholine rings is 1. The normalized spacial score (nSPS) is 22.6. The van der Waals surface area contributed by atoms with Gasteiger partial charge in [0, 0.05) is 25.7 Å². The number of anilines is 1. The lowest BCUT2D eigenvalue weighted by molar-refractivity contribution is -0.384. The van der Waals surface area contributed by atoms with Gasteiger partial charge in [0.1, 0.15) is 5.69 Å². The van der Waals surface area contributed by atoms with E-state index in [1.807, 2.05) is 13.0 Å². The SMILES string of the molecule is CC1CN(Cc2ccc(N)c([N+](=O)[O-])c2)CC(C)(C)O1. The van der Waals surface area contributed by atoms with Crippen molar-refractivity contribution in [3.63, 3.8) is 0 Å². The number of hydrogen-bond donors (Lipinski definition) is 1. The third kappa shape index (κ3) is 3.46. The first-order chi connectivity index (χ1) is 9.27. The molecule has 0 amide bonds. The summed E-state index contributed by atoms with van der Waals surface area (Å²) in [7, 11) is 0. The zero-order valence-electron chi connectivity index (χ0n) is 12.1. The number of nitrogen functional groups attached to an aromatic ring is 1. The van der Waals surface area contributed by atoms with Crippen LogP contribution >= 0.6 is 0 Å². The molecule has 6 heteroatoms. The Balaban J connectivity index is 2.14. The van der Waals surface area contributed by atoms with Crippen molar-refractivity contribution in [3.05, 3.63) is 33.9 Å². The van der Waals surface area contributed by atoms with Crippen molar-refractivity contribution in [1.29, 1.82) is 0 Å². The van der Waals surface area contributed by atoms with Gasteiger partial charge in [0.15, 0.2) is 0 Å². The Hall–Kier alpha value is -1.66. The summed E-state index contributed by atoms with van der Waals surface area (Å²) in [5, 5.41) is 10.9. The maximum atomic E-state index is 10.9. The second-order valence-corrected chi connectivity index (χ2v) is 6.01. The minimum absolute atomic E-state index is 0.0249. The van der Waals surface area contributed by atoms with Crippen LogP contribution in [-0.2, 0) is 11.3 Å². The molecule has 20 heavy (non-hydrogen) atoms. The van der Waals surface area contributed by atoms with E-state index in [1.54, 1.807) is 12.1 Å². The van der Waals surface area contributed by atoms with Crippen LogP contribution in [-0.4, -0.2) is 34.6 Å². The molecule has 0 aliphatic carbocycles. The first-order valence-corrected chi connectivity index (χ1v) is 6.70. The molecule has 0 bridgehead atoms. The Morgan fingerprint density at radius 1 is 1.55 bits per heavy atom. The Bertz CT molecular complexity index is 516. The highest BCUT2D eigenvalue weighted by Crippen LogP contribution is 2.26. The molecule has 0 spiro atoms. The summed E-state index contributed by atoms with van der Waals surface area (Å²) >= 11 is 0. The highest BCUT2D eigenvalue weighted by atomic mass is 16.6. The molecule has 1 fully saturated rings. The number of ether oxygens (including phenoxy) is 1. The van der Waals surface area contributed by atoms with Gasteiger partial charge in [-0.25, -0.2) is 0 Å². The highest BCUT2D eigenvalue weighted by Gasteiger charge is 2.31. The van der Waals surface area contributed by atoms with Crippen LogP contribution in [0, 0.1) is 10.1 Å². The molecule has 6 nitrogen and oxygen atoms in total. The van der Waals surface area contributed by atoms with Gasteiger partial charge in [-0.15, -0.1) is 0 Å². The standard InChI is InChI=1S/C14H21N3O3/c1-10-7-16(9-14(2,3)20-10)8-11-4-5-12(15)13(6-11)17(18)19/h4-6,10H,7-9,15H2,1-3H3. The molecule has 0 aromatic heterocycles. The average Bonchev–Trinajstić information content (AvgIpc) is 2.28. The molecule has 110 valence electrons. The smallest absolute Gasteiger partial charge is 0.292 e. The fourth-order valence-electron chi connectivity index (χ4n) is 2.81. The highest BCUT2D eigenvalue weighted by molar-refractivity contribution is 5.59. The molecule has 1 aliphatic heterocycles. The van der Waals surface area contributed by atoms with Gasteiger partial charge in [0.05, 0.1) is 16.6 Å². The molecule has 1 heterocycles. The molecule has 1 atom stereocenters. The molecule has 1 aromatic rings. The molecule has 1 aromatic carbocycles. The fourth-order valence-corrected chi connectivity index (χ4v) is 2.81. The lowest BCUT2D eigenvalue weighted by atomic mass is 10.0. The predicted octanol–water partition coefficient (Wildman–Crippen LogP) is 2.18. The zero-order valence-corrected chi connectivity index (χ0v) is 12.1. The van der Waals surface area contributed by atoms with Crippen LogP contribution in [0.5, 0.6) is 0 Å². The van der Waals surface area contributed by atoms with Crippen LogP contribution in [0.25, 0.3) is 0 Å². The summed E-state index contributed by atoms with van der Waals surface area (Å²) in [6.45, 7) is 8.44. The van der Waals surface area contributed by atoms with Gasteiger partial charge < -0.3 is 10.5 Å². The topological polar surface area (TPSA) is 81.6 Å². The first kappa shape index (κ1) is 14.7. The minimum Gasteiger partial charge on any atom is -0.393 e. The number of nitro benzene ring substituents is 1. The number of hydrogen-bond acceptors (Lipinski definition) is 5. The predicted molar refractivity (Wildman–Crippen MR) is 77.4 cm³/mol. The van der Waals surface area contributed by atoms with E-state index < -0.39 is 4.92 Å². The molecule has 1 saturated heterocycles. The molecule has 2 rings (SSSR count). The van der Waals surface area contributed by atoms with Crippen molar-refractivity contribution < 1.29 is 9.66 Å². The van der Waals surface area contributed by atoms with Crippen LogP contribution in [0.2, 0.25) is 0 Å². The van der Waals surface area contributed by atoms with Gasteiger partial charge in [0.25, 0.3) is 5.69 Å². The summed E-state index contributed by atoms with van der Waals surface area (Å²) < 4.78 is 5.85. The molecular formula is C14H21N3O3. The number of rotatable bonds is 3. The lowest BCUT2D eigenvalue weighted by Gasteiger charge is -2.41. The first-order valence-electron chi connectivity index (χ1n) is 6.70. The van der Waals surface area contributed by atoms with E-state index >= 15 is 0 Å². The van der Waals surface area contributed by atoms with Gasteiger partial charge in [0.2, 0.25) is 0 Å². The van der Waals surface area contributed by atoms with Crippen LogP contribution < -0.4 is 5.73 Å². The van der Waals surface area contributed by atoms with E-state index in [-0.39, 0.29) is 23.1 Å². The second kappa shape index (κ2) is 5.38. The van der Waals surface area contributed by atoms with Crippen molar-refractivity contribution in [2.45, 2.75) is 39.0 Å². The maximum absolute atomic E-state index is 10.9. The van der Waals surface area contributed by atoms with E-state index in [2.05, 4.69) is 18.7 Å². The van der Waals surface area contributed by atoms with E-state index in [0.717, 1.165) is 18.7 Å². The van der Waals surface area contributed by atoms with Crippen LogP contribution in [0.4, 0.5) is 11.4 Å². The Labute approximate surface area is 118 Å². The summed E-state index contributed by atoms with van der Waals surface area (Å²) in [6.07, 6.45) is 0.155. The fraction of sp³-hybridized carbons (Fsp3) is 0.571. The van der Waals surface area contributed by atoms with E-state index in [4.69, 9.17) is 10.5 Å². The van der Waals surface area contributed by atoms with Crippen molar-refractivity contribution >= 4 is 11.4 Å². The molecule has 1 aliphatic rings. The maximum Gasteiger partial charge on any atom is 0.292 e. The van der Waals surface area contributed by atoms with Gasteiger partial charge in [-0.3, -0.25) is 15.0 Å². The number of nitro groups is 1. The van der Waals surface area contributed by atoms with Crippen molar-refractivity contribution in [2.24, 2.45) is 0 Å². The van der Waals surface area contributed by atoms with Crippen LogP contribution in [0.15, 0.2) is 18.2 Å². The minimum atomic E-state index is -0.440. The van der Waals surface area contributed by atoms with Gasteiger partial charge in [-0.05, 0) is 32.4 Å². The average molecular weight is 279 g/mol. The number of nitrogens with two attached hydrogens (primary N) is 1. The van der Waals surface area contributed by atoms with E-state index in [0.29, 0.717) is 6.54 Å². The Morgan fingerprint density at radius 3 is 2.85 bits per heavy atom. The second-order valence-electron chi connectivity index (χ2n) is 6.01. The lowest BCUT2D eigenvalue weighted by Crippen LogP contribution is -2.51. The Morgan fingerprint density at radius 2 is 2.25 bits per heavy atom. The third-order valence-electron chi connectivity index (χ3n) is 3.34. The summed E-state index contributed by atoms with van der Waals surface area (Å²) in [5.41, 5.74) is 6.49. The van der Waals surface area contributed by atoms with Gasteiger partial charge >= 0.3 is 0 Å². The summed E-state index contributed by atoms with van der Waals surface area (Å²) in [4.78, 5) is 12.7. The summed E-state index contributed by atoms with van der Waals surface area (Å²) in [6, 6.07) is 5.00. The zero-order chi connectivity index (χ0) is 14.9.